The Morgan fingerprint density at radius 1 is 1.10 bits per heavy atom. The number of rotatable bonds is 8. The second-order valence-corrected chi connectivity index (χ2v) is 4.46. The molecule has 0 aliphatic heterocycles. The second-order valence-electron chi connectivity index (χ2n) is 4.46. The monoisotopic (exact) mass is 293 g/mol. The minimum Gasteiger partial charge on any atom is -0.478 e. The first-order valence-electron chi connectivity index (χ1n) is 6.62. The number of carboxylic acid groups (broad SMARTS) is 1. The number of urea groups is 1. The minimum absolute atomic E-state index is 0.228. The van der Waals surface area contributed by atoms with Gasteiger partial charge in [-0.1, -0.05) is 18.2 Å². The fourth-order valence-electron chi connectivity index (χ4n) is 1.78. The Hall–Kier alpha value is -2.57. The van der Waals surface area contributed by atoms with Crippen LogP contribution >= 0.6 is 0 Å². The van der Waals surface area contributed by atoms with Gasteiger partial charge in [-0.05, 0) is 24.5 Å². The van der Waals surface area contributed by atoms with Gasteiger partial charge in [0.05, 0.1) is 5.56 Å². The maximum atomic E-state index is 11.4. The summed E-state index contributed by atoms with van der Waals surface area (Å²) in [7, 11) is 0. The molecule has 7 heteroatoms. The molecule has 7 nitrogen and oxygen atoms in total. The number of nitrogens with two attached hydrogens (primary N) is 1. The molecular formula is C14H19N3O4. The fraction of sp³-hybridized carbons (Fsp3) is 0.357. The number of hydrogen-bond donors (Lipinski definition) is 4. The Morgan fingerprint density at radius 2 is 1.76 bits per heavy atom. The van der Waals surface area contributed by atoms with Crippen LogP contribution in [0.5, 0.6) is 0 Å². The largest absolute Gasteiger partial charge is 0.478 e. The molecule has 114 valence electrons. The lowest BCUT2D eigenvalue weighted by Crippen LogP contribution is -2.37. The van der Waals surface area contributed by atoms with Crippen molar-refractivity contribution in [2.75, 3.05) is 13.1 Å². The van der Waals surface area contributed by atoms with Crippen LogP contribution in [-0.4, -0.2) is 36.1 Å². The highest BCUT2D eigenvalue weighted by atomic mass is 16.4. The zero-order valence-corrected chi connectivity index (χ0v) is 11.6. The van der Waals surface area contributed by atoms with Crippen LogP contribution in [0.2, 0.25) is 0 Å². The summed E-state index contributed by atoms with van der Waals surface area (Å²) in [6, 6.07) is 6.31. The molecule has 1 rings (SSSR count). The molecule has 0 radical (unpaired) electrons. The lowest BCUT2D eigenvalue weighted by Gasteiger charge is -2.08. The Labute approximate surface area is 122 Å². The van der Waals surface area contributed by atoms with Crippen molar-refractivity contribution in [2.24, 2.45) is 5.73 Å². The number of primary amides is 1. The minimum atomic E-state index is -0.985. The van der Waals surface area contributed by atoms with Gasteiger partial charge in [0.15, 0.2) is 0 Å². The van der Waals surface area contributed by atoms with E-state index in [9.17, 15) is 14.4 Å². The number of carbonyl (C=O) groups is 3. The molecule has 0 bridgehead atoms. The van der Waals surface area contributed by atoms with Crippen LogP contribution in [0.3, 0.4) is 0 Å². The summed E-state index contributed by atoms with van der Waals surface area (Å²) < 4.78 is 0. The topological polar surface area (TPSA) is 122 Å². The molecule has 21 heavy (non-hydrogen) atoms. The van der Waals surface area contributed by atoms with E-state index < -0.39 is 11.9 Å². The van der Waals surface area contributed by atoms with Crippen LogP contribution in [0.25, 0.3) is 0 Å². The van der Waals surface area contributed by atoms with Gasteiger partial charge in [0.2, 0.25) is 5.91 Å². The van der Waals surface area contributed by atoms with E-state index in [1.165, 1.54) is 6.07 Å². The number of carboxylic acids is 1. The predicted molar refractivity (Wildman–Crippen MR) is 76.9 cm³/mol. The van der Waals surface area contributed by atoms with Crippen molar-refractivity contribution in [3.63, 3.8) is 0 Å². The molecule has 0 fully saturated rings. The van der Waals surface area contributed by atoms with E-state index in [0.717, 1.165) is 0 Å². The summed E-state index contributed by atoms with van der Waals surface area (Å²) in [5, 5.41) is 14.2. The van der Waals surface area contributed by atoms with Crippen LogP contribution in [0, 0.1) is 0 Å². The van der Waals surface area contributed by atoms with Crippen molar-refractivity contribution < 1.29 is 19.5 Å². The SMILES string of the molecule is NC(=O)CCCNC(=O)NCCc1ccccc1C(=O)O. The third kappa shape index (κ3) is 6.42. The molecule has 1 aromatic rings. The molecule has 3 amide bonds. The molecule has 1 aromatic carbocycles. The van der Waals surface area contributed by atoms with Gasteiger partial charge >= 0.3 is 12.0 Å². The standard InChI is InChI=1S/C14H19N3O4/c15-12(18)6-3-8-16-14(21)17-9-7-10-4-1-2-5-11(10)13(19)20/h1-2,4-5H,3,6-9H2,(H2,15,18)(H,19,20)(H2,16,17,21). The van der Waals surface area contributed by atoms with Crippen molar-refractivity contribution in [2.45, 2.75) is 19.3 Å². The summed E-state index contributed by atoms with van der Waals surface area (Å²) in [6.07, 6.45) is 1.15. The molecule has 0 unspecified atom stereocenters. The Balaban J connectivity index is 2.29. The highest BCUT2D eigenvalue weighted by molar-refractivity contribution is 5.89. The average Bonchev–Trinajstić information content (AvgIpc) is 2.44. The molecule has 0 saturated heterocycles. The Bertz CT molecular complexity index is 517. The zero-order valence-electron chi connectivity index (χ0n) is 11.6. The molecule has 0 aliphatic carbocycles. The molecular weight excluding hydrogens is 274 g/mol. The van der Waals surface area contributed by atoms with Gasteiger partial charge in [-0.2, -0.15) is 0 Å². The van der Waals surface area contributed by atoms with Gasteiger partial charge in [-0.25, -0.2) is 9.59 Å². The quantitative estimate of drug-likeness (QED) is 0.521. The van der Waals surface area contributed by atoms with E-state index in [1.54, 1.807) is 18.2 Å². The summed E-state index contributed by atoms with van der Waals surface area (Å²) >= 11 is 0. The van der Waals surface area contributed by atoms with Gasteiger partial charge in [-0.3, -0.25) is 4.79 Å². The number of amides is 3. The summed E-state index contributed by atoms with van der Waals surface area (Å²) in [4.78, 5) is 33.0. The third-order valence-corrected chi connectivity index (χ3v) is 2.81. The van der Waals surface area contributed by atoms with Crippen LogP contribution in [-0.2, 0) is 11.2 Å². The predicted octanol–water partition coefficient (Wildman–Crippen LogP) is 0.492. The van der Waals surface area contributed by atoms with Gasteiger partial charge < -0.3 is 21.5 Å². The van der Waals surface area contributed by atoms with Crippen molar-refractivity contribution in [1.82, 2.24) is 10.6 Å². The fourth-order valence-corrected chi connectivity index (χ4v) is 1.78. The van der Waals surface area contributed by atoms with E-state index in [0.29, 0.717) is 31.5 Å². The molecule has 0 heterocycles. The number of carbonyl (C=O) groups excluding carboxylic acids is 2. The zero-order chi connectivity index (χ0) is 15.7. The van der Waals surface area contributed by atoms with E-state index >= 15 is 0 Å². The highest BCUT2D eigenvalue weighted by Gasteiger charge is 2.08. The maximum Gasteiger partial charge on any atom is 0.335 e. The molecule has 0 saturated carbocycles. The number of aromatic carboxylic acids is 1. The van der Waals surface area contributed by atoms with Crippen molar-refractivity contribution in [1.29, 1.82) is 0 Å². The van der Waals surface area contributed by atoms with E-state index in [2.05, 4.69) is 10.6 Å². The van der Waals surface area contributed by atoms with Gasteiger partial charge in [0, 0.05) is 19.5 Å². The van der Waals surface area contributed by atoms with Crippen LogP contribution in [0.1, 0.15) is 28.8 Å². The lowest BCUT2D eigenvalue weighted by atomic mass is 10.0. The maximum absolute atomic E-state index is 11.4. The number of benzene rings is 1. The molecule has 0 aliphatic rings. The van der Waals surface area contributed by atoms with E-state index in [-0.39, 0.29) is 18.0 Å². The Kier molecular flexibility index (Phi) is 6.73. The first kappa shape index (κ1) is 16.5. The molecule has 5 N–H and O–H groups in total. The molecule has 0 aromatic heterocycles. The summed E-state index contributed by atoms with van der Waals surface area (Å²) in [5.74, 6) is -1.39. The molecule has 0 spiro atoms. The van der Waals surface area contributed by atoms with Gasteiger partial charge in [-0.15, -0.1) is 0 Å². The van der Waals surface area contributed by atoms with Crippen molar-refractivity contribution in [3.05, 3.63) is 35.4 Å². The summed E-state index contributed by atoms with van der Waals surface area (Å²) in [5.41, 5.74) is 5.88. The average molecular weight is 293 g/mol. The van der Waals surface area contributed by atoms with Crippen molar-refractivity contribution in [3.8, 4) is 0 Å². The highest BCUT2D eigenvalue weighted by Crippen LogP contribution is 2.08. The molecule has 0 atom stereocenters. The van der Waals surface area contributed by atoms with Gasteiger partial charge in [0.25, 0.3) is 0 Å². The Morgan fingerprint density at radius 3 is 2.43 bits per heavy atom. The van der Waals surface area contributed by atoms with Crippen LogP contribution < -0.4 is 16.4 Å². The van der Waals surface area contributed by atoms with Crippen LogP contribution in [0.15, 0.2) is 24.3 Å². The number of hydrogen-bond acceptors (Lipinski definition) is 3. The first-order chi connectivity index (χ1) is 10.0. The third-order valence-electron chi connectivity index (χ3n) is 2.81. The number of nitrogens with one attached hydrogen (secondary N) is 2. The van der Waals surface area contributed by atoms with Gasteiger partial charge in [0.1, 0.15) is 0 Å². The second kappa shape index (κ2) is 8.57. The lowest BCUT2D eigenvalue weighted by molar-refractivity contribution is -0.118. The smallest absolute Gasteiger partial charge is 0.335 e. The van der Waals surface area contributed by atoms with Crippen LogP contribution in [0.4, 0.5) is 4.79 Å². The summed E-state index contributed by atoms with van der Waals surface area (Å²) in [6.45, 7) is 0.687. The normalized spacial score (nSPS) is 9.90. The van der Waals surface area contributed by atoms with Crippen molar-refractivity contribution >= 4 is 17.9 Å². The van der Waals surface area contributed by atoms with E-state index in [1.807, 2.05) is 0 Å². The van der Waals surface area contributed by atoms with E-state index in [4.69, 9.17) is 10.8 Å². The first-order valence-corrected chi connectivity index (χ1v) is 6.62.